The smallest absolute Gasteiger partial charge is 0.254 e. The standard InChI is InChI=1S/C21H24ClN5O/c1-3-27-20-9-8-16(14-19(20)23-24-27)21(28)26-12-10-25(11-13-26)15(2)17-6-4-5-7-18(17)22/h4-9,14-15H,3,10-13H2,1-2H3. The molecule has 6 nitrogen and oxygen atoms in total. The van der Waals surface area contributed by atoms with E-state index in [2.05, 4.69) is 28.2 Å². The molecule has 0 bridgehead atoms. The van der Waals surface area contributed by atoms with E-state index in [0.717, 1.165) is 41.3 Å². The van der Waals surface area contributed by atoms with Crippen LogP contribution in [0.3, 0.4) is 0 Å². The largest absolute Gasteiger partial charge is 0.336 e. The quantitative estimate of drug-likeness (QED) is 0.674. The molecule has 2 heterocycles. The van der Waals surface area contributed by atoms with E-state index >= 15 is 0 Å². The van der Waals surface area contributed by atoms with Gasteiger partial charge < -0.3 is 4.90 Å². The second-order valence-corrected chi connectivity index (χ2v) is 7.54. The van der Waals surface area contributed by atoms with Gasteiger partial charge in [-0.05, 0) is 43.7 Å². The van der Waals surface area contributed by atoms with Gasteiger partial charge in [-0.2, -0.15) is 0 Å². The third kappa shape index (κ3) is 3.50. The Balaban J connectivity index is 1.43. The first kappa shape index (κ1) is 18.9. The Kier molecular flexibility index (Phi) is 5.33. The van der Waals surface area contributed by atoms with E-state index in [-0.39, 0.29) is 11.9 Å². The van der Waals surface area contributed by atoms with Crippen LogP contribution in [-0.4, -0.2) is 56.9 Å². The van der Waals surface area contributed by atoms with Gasteiger partial charge in [0.2, 0.25) is 0 Å². The number of aromatic nitrogens is 3. The number of carbonyl (C=O) groups is 1. The fraction of sp³-hybridized carbons (Fsp3) is 0.381. The van der Waals surface area contributed by atoms with Crippen LogP contribution in [-0.2, 0) is 6.54 Å². The number of hydrogen-bond donors (Lipinski definition) is 0. The minimum atomic E-state index is 0.0537. The highest BCUT2D eigenvalue weighted by Crippen LogP contribution is 2.28. The molecule has 4 rings (SSSR count). The SMILES string of the molecule is CCn1nnc2cc(C(=O)N3CCN(C(C)c4ccccc4Cl)CC3)ccc21. The van der Waals surface area contributed by atoms with E-state index in [1.165, 1.54) is 0 Å². The Morgan fingerprint density at radius 2 is 1.89 bits per heavy atom. The second-order valence-electron chi connectivity index (χ2n) is 7.13. The third-order valence-corrected chi connectivity index (χ3v) is 5.91. The Bertz CT molecular complexity index is 993. The monoisotopic (exact) mass is 397 g/mol. The summed E-state index contributed by atoms with van der Waals surface area (Å²) in [6, 6.07) is 13.8. The van der Waals surface area contributed by atoms with Gasteiger partial charge in [0.15, 0.2) is 0 Å². The van der Waals surface area contributed by atoms with Crippen molar-refractivity contribution in [2.45, 2.75) is 26.4 Å². The summed E-state index contributed by atoms with van der Waals surface area (Å²) in [7, 11) is 0. The molecule has 0 aliphatic carbocycles. The number of piperazine rings is 1. The maximum Gasteiger partial charge on any atom is 0.254 e. The molecule has 0 radical (unpaired) electrons. The maximum absolute atomic E-state index is 13.0. The summed E-state index contributed by atoms with van der Waals surface area (Å²) in [6.45, 7) is 8.01. The topological polar surface area (TPSA) is 54.3 Å². The van der Waals surface area contributed by atoms with Crippen molar-refractivity contribution >= 4 is 28.5 Å². The summed E-state index contributed by atoms with van der Waals surface area (Å²) in [6.07, 6.45) is 0. The van der Waals surface area contributed by atoms with Crippen LogP contribution >= 0.6 is 11.6 Å². The summed E-state index contributed by atoms with van der Waals surface area (Å²) < 4.78 is 1.83. The molecular weight excluding hydrogens is 374 g/mol. The molecule has 1 unspecified atom stereocenters. The van der Waals surface area contributed by atoms with Crippen molar-refractivity contribution in [1.82, 2.24) is 24.8 Å². The van der Waals surface area contributed by atoms with Crippen molar-refractivity contribution in [2.24, 2.45) is 0 Å². The van der Waals surface area contributed by atoms with Crippen LogP contribution in [0.25, 0.3) is 11.0 Å². The number of rotatable bonds is 4. The number of nitrogens with zero attached hydrogens (tertiary/aromatic N) is 5. The molecule has 1 aliphatic heterocycles. The van der Waals surface area contributed by atoms with Gasteiger partial charge in [0.05, 0.1) is 5.52 Å². The maximum atomic E-state index is 13.0. The molecule has 3 aromatic rings. The van der Waals surface area contributed by atoms with Crippen molar-refractivity contribution in [3.8, 4) is 0 Å². The molecule has 146 valence electrons. The normalized spacial score (nSPS) is 16.5. The zero-order valence-electron chi connectivity index (χ0n) is 16.2. The number of fused-ring (bicyclic) bond motifs is 1. The third-order valence-electron chi connectivity index (χ3n) is 5.56. The van der Waals surface area contributed by atoms with Crippen molar-refractivity contribution in [2.75, 3.05) is 26.2 Å². The number of hydrogen-bond acceptors (Lipinski definition) is 4. The number of amides is 1. The first-order valence-corrected chi connectivity index (χ1v) is 10.1. The van der Waals surface area contributed by atoms with Crippen LogP contribution in [0.5, 0.6) is 0 Å². The van der Waals surface area contributed by atoms with Gasteiger partial charge in [0, 0.05) is 49.4 Å². The van der Waals surface area contributed by atoms with Crippen LogP contribution in [0.2, 0.25) is 5.02 Å². The second kappa shape index (κ2) is 7.89. The molecule has 1 atom stereocenters. The predicted molar refractivity (Wildman–Crippen MR) is 111 cm³/mol. The molecule has 1 fully saturated rings. The van der Waals surface area contributed by atoms with Crippen molar-refractivity contribution in [3.63, 3.8) is 0 Å². The lowest BCUT2D eigenvalue weighted by molar-refractivity contribution is 0.0582. The summed E-state index contributed by atoms with van der Waals surface area (Å²) in [5.74, 6) is 0.0537. The zero-order valence-corrected chi connectivity index (χ0v) is 16.9. The first-order chi connectivity index (χ1) is 13.6. The van der Waals surface area contributed by atoms with Gasteiger partial charge in [0.25, 0.3) is 5.91 Å². The van der Waals surface area contributed by atoms with Crippen molar-refractivity contribution in [3.05, 3.63) is 58.6 Å². The molecule has 7 heteroatoms. The van der Waals surface area contributed by atoms with Crippen LogP contribution in [0.1, 0.15) is 35.8 Å². The van der Waals surface area contributed by atoms with Gasteiger partial charge in [-0.15, -0.1) is 5.10 Å². The van der Waals surface area contributed by atoms with E-state index in [4.69, 9.17) is 11.6 Å². The van der Waals surface area contributed by atoms with Crippen LogP contribution in [0, 0.1) is 0 Å². The predicted octanol–water partition coefficient (Wildman–Crippen LogP) is 3.62. The van der Waals surface area contributed by atoms with Gasteiger partial charge in [-0.3, -0.25) is 9.69 Å². The van der Waals surface area contributed by atoms with Crippen molar-refractivity contribution < 1.29 is 4.79 Å². The average Bonchev–Trinajstić information content (AvgIpc) is 3.15. The lowest BCUT2D eigenvalue weighted by Crippen LogP contribution is -2.49. The summed E-state index contributed by atoms with van der Waals surface area (Å²) in [5, 5.41) is 9.09. The minimum Gasteiger partial charge on any atom is -0.336 e. The lowest BCUT2D eigenvalue weighted by atomic mass is 10.1. The molecule has 28 heavy (non-hydrogen) atoms. The molecule has 1 saturated heterocycles. The van der Waals surface area contributed by atoms with E-state index in [1.807, 2.05) is 52.9 Å². The van der Waals surface area contributed by atoms with Gasteiger partial charge in [-0.1, -0.05) is 35.0 Å². The van der Waals surface area contributed by atoms with E-state index in [1.54, 1.807) is 0 Å². The van der Waals surface area contributed by atoms with Gasteiger partial charge in [0.1, 0.15) is 5.52 Å². The Morgan fingerprint density at radius 1 is 1.14 bits per heavy atom. The number of benzene rings is 2. The summed E-state index contributed by atoms with van der Waals surface area (Å²) in [5.41, 5.74) is 3.52. The molecule has 0 saturated carbocycles. The number of halogens is 1. The Labute approximate surface area is 169 Å². The fourth-order valence-electron chi connectivity index (χ4n) is 3.84. The lowest BCUT2D eigenvalue weighted by Gasteiger charge is -2.38. The molecule has 0 N–H and O–H groups in total. The summed E-state index contributed by atoms with van der Waals surface area (Å²) >= 11 is 6.35. The molecule has 2 aromatic carbocycles. The van der Waals surface area contributed by atoms with E-state index in [9.17, 15) is 4.79 Å². The summed E-state index contributed by atoms with van der Waals surface area (Å²) in [4.78, 5) is 17.2. The highest BCUT2D eigenvalue weighted by Gasteiger charge is 2.26. The Morgan fingerprint density at radius 3 is 2.61 bits per heavy atom. The molecule has 0 spiro atoms. The van der Waals surface area contributed by atoms with E-state index < -0.39 is 0 Å². The highest BCUT2D eigenvalue weighted by molar-refractivity contribution is 6.31. The number of aryl methyl sites for hydroxylation is 1. The van der Waals surface area contributed by atoms with Crippen LogP contribution in [0.15, 0.2) is 42.5 Å². The van der Waals surface area contributed by atoms with Gasteiger partial charge >= 0.3 is 0 Å². The highest BCUT2D eigenvalue weighted by atomic mass is 35.5. The Hall–Kier alpha value is -2.44. The van der Waals surface area contributed by atoms with Crippen molar-refractivity contribution in [1.29, 1.82) is 0 Å². The van der Waals surface area contributed by atoms with Crippen LogP contribution in [0.4, 0.5) is 0 Å². The van der Waals surface area contributed by atoms with E-state index in [0.29, 0.717) is 18.7 Å². The zero-order chi connectivity index (χ0) is 19.7. The number of carbonyl (C=O) groups excluding carboxylic acids is 1. The molecular formula is C21H24ClN5O. The fourth-order valence-corrected chi connectivity index (χ4v) is 4.14. The molecule has 1 amide bonds. The average molecular weight is 398 g/mol. The molecule has 1 aliphatic rings. The van der Waals surface area contributed by atoms with Gasteiger partial charge in [-0.25, -0.2) is 4.68 Å². The van der Waals surface area contributed by atoms with Crippen LogP contribution < -0.4 is 0 Å². The minimum absolute atomic E-state index is 0.0537. The molecule has 1 aromatic heterocycles. The first-order valence-electron chi connectivity index (χ1n) is 9.69.